The maximum Gasteiger partial charge on any atom is 0.226 e. The second-order valence-corrected chi connectivity index (χ2v) is 3.74. The minimum absolute atomic E-state index is 0.00583. The highest BCUT2D eigenvalue weighted by atomic mass is 79.9. The van der Waals surface area contributed by atoms with Crippen molar-refractivity contribution in [3.63, 3.8) is 0 Å². The van der Waals surface area contributed by atoms with Gasteiger partial charge in [-0.1, -0.05) is 13.8 Å². The fourth-order valence-electron chi connectivity index (χ4n) is 0.756. The lowest BCUT2D eigenvalue weighted by Crippen LogP contribution is -2.18. The molecular formula is C9H11BrN2O. The molecule has 0 radical (unpaired) electrons. The summed E-state index contributed by atoms with van der Waals surface area (Å²) in [6, 6.07) is 3.58. The predicted molar refractivity (Wildman–Crippen MR) is 55.4 cm³/mol. The number of amides is 1. The van der Waals surface area contributed by atoms with Crippen LogP contribution in [0.25, 0.3) is 0 Å². The number of anilines is 1. The lowest BCUT2D eigenvalue weighted by Gasteiger charge is -2.07. The topological polar surface area (TPSA) is 42.0 Å². The van der Waals surface area contributed by atoms with Gasteiger partial charge >= 0.3 is 0 Å². The quantitative estimate of drug-likeness (QED) is 0.810. The van der Waals surface area contributed by atoms with Crippen LogP contribution in [0.5, 0.6) is 0 Å². The molecule has 0 bridgehead atoms. The van der Waals surface area contributed by atoms with E-state index < -0.39 is 0 Å². The largest absolute Gasteiger partial charge is 0.324 e. The Morgan fingerprint density at radius 3 is 2.85 bits per heavy atom. The highest BCUT2D eigenvalue weighted by molar-refractivity contribution is 9.10. The van der Waals surface area contributed by atoms with Gasteiger partial charge in [0.2, 0.25) is 5.91 Å². The van der Waals surface area contributed by atoms with Crippen LogP contribution in [0.15, 0.2) is 22.9 Å². The minimum atomic E-state index is -0.0212. The second kappa shape index (κ2) is 4.37. The molecule has 0 atom stereocenters. The Bertz CT molecular complexity index is 312. The number of carbonyl (C=O) groups excluding carboxylic acids is 1. The molecule has 1 amide bonds. The van der Waals surface area contributed by atoms with Crippen molar-refractivity contribution in [3.8, 4) is 0 Å². The van der Waals surface area contributed by atoms with E-state index in [4.69, 9.17) is 0 Å². The molecular weight excluding hydrogens is 232 g/mol. The van der Waals surface area contributed by atoms with Crippen LogP contribution in [0.1, 0.15) is 13.8 Å². The monoisotopic (exact) mass is 242 g/mol. The number of rotatable bonds is 2. The Hall–Kier alpha value is -0.900. The first kappa shape index (κ1) is 10.2. The average Bonchev–Trinajstić information content (AvgIpc) is 2.08. The summed E-state index contributed by atoms with van der Waals surface area (Å²) < 4.78 is 0.656. The van der Waals surface area contributed by atoms with Crippen molar-refractivity contribution in [2.75, 3.05) is 5.32 Å². The summed E-state index contributed by atoms with van der Waals surface area (Å²) in [6.07, 6.45) is 1.66. The van der Waals surface area contributed by atoms with E-state index in [0.29, 0.717) is 10.3 Å². The Kier molecular flexibility index (Phi) is 3.42. The Morgan fingerprint density at radius 2 is 2.31 bits per heavy atom. The fraction of sp³-hybridized carbons (Fsp3) is 0.333. The Morgan fingerprint density at radius 1 is 1.62 bits per heavy atom. The van der Waals surface area contributed by atoms with Crippen LogP contribution in [-0.4, -0.2) is 10.9 Å². The number of nitrogens with one attached hydrogen (secondary N) is 1. The molecule has 0 fully saturated rings. The van der Waals surface area contributed by atoms with Crippen molar-refractivity contribution in [1.82, 2.24) is 4.98 Å². The summed E-state index contributed by atoms with van der Waals surface area (Å²) in [5.74, 6) is -0.0270. The van der Waals surface area contributed by atoms with Crippen LogP contribution in [0.3, 0.4) is 0 Å². The van der Waals surface area contributed by atoms with Gasteiger partial charge in [0.1, 0.15) is 4.60 Å². The lowest BCUT2D eigenvalue weighted by molar-refractivity contribution is -0.118. The molecule has 1 heterocycles. The van der Waals surface area contributed by atoms with E-state index >= 15 is 0 Å². The number of hydrogen-bond donors (Lipinski definition) is 1. The third-order valence-electron chi connectivity index (χ3n) is 1.54. The van der Waals surface area contributed by atoms with Gasteiger partial charge in [-0.15, -0.1) is 0 Å². The molecule has 0 aliphatic rings. The van der Waals surface area contributed by atoms with Crippen LogP contribution < -0.4 is 5.32 Å². The molecule has 0 unspecified atom stereocenters. The molecule has 1 rings (SSSR count). The van der Waals surface area contributed by atoms with E-state index in [0.717, 1.165) is 0 Å². The standard InChI is InChI=1S/C9H11BrN2O/c1-6(2)9(13)12-7-4-3-5-11-8(7)10/h3-6H,1-2H3,(H,12,13). The zero-order chi connectivity index (χ0) is 9.84. The van der Waals surface area contributed by atoms with E-state index in [1.807, 2.05) is 13.8 Å². The van der Waals surface area contributed by atoms with Crippen molar-refractivity contribution >= 4 is 27.5 Å². The number of halogens is 1. The van der Waals surface area contributed by atoms with Crippen molar-refractivity contribution in [1.29, 1.82) is 0 Å². The number of carbonyl (C=O) groups is 1. The van der Waals surface area contributed by atoms with Crippen LogP contribution in [0.4, 0.5) is 5.69 Å². The van der Waals surface area contributed by atoms with Gasteiger partial charge in [-0.3, -0.25) is 4.79 Å². The third-order valence-corrected chi connectivity index (χ3v) is 2.17. The first-order valence-electron chi connectivity index (χ1n) is 4.02. The van der Waals surface area contributed by atoms with Crippen LogP contribution in [0.2, 0.25) is 0 Å². The summed E-state index contributed by atoms with van der Waals surface area (Å²) in [5, 5.41) is 2.76. The van der Waals surface area contributed by atoms with E-state index in [1.54, 1.807) is 18.3 Å². The highest BCUT2D eigenvalue weighted by Gasteiger charge is 2.08. The summed E-state index contributed by atoms with van der Waals surface area (Å²) in [6.45, 7) is 3.69. The van der Waals surface area contributed by atoms with E-state index in [-0.39, 0.29) is 11.8 Å². The van der Waals surface area contributed by atoms with Crippen LogP contribution in [0, 0.1) is 5.92 Å². The molecule has 0 aromatic carbocycles. The summed E-state index contributed by atoms with van der Waals surface area (Å²) in [5.41, 5.74) is 0.709. The maximum atomic E-state index is 11.3. The Labute approximate surface area is 85.7 Å². The molecule has 4 heteroatoms. The number of hydrogen-bond acceptors (Lipinski definition) is 2. The molecule has 3 nitrogen and oxygen atoms in total. The molecule has 1 N–H and O–H groups in total. The summed E-state index contributed by atoms with van der Waals surface area (Å²) >= 11 is 3.25. The van der Waals surface area contributed by atoms with Crippen molar-refractivity contribution in [2.45, 2.75) is 13.8 Å². The number of pyridine rings is 1. The van der Waals surface area contributed by atoms with Gasteiger partial charge in [0.05, 0.1) is 5.69 Å². The Balaban J connectivity index is 2.75. The molecule has 0 aliphatic carbocycles. The van der Waals surface area contributed by atoms with Gasteiger partial charge in [-0.05, 0) is 28.1 Å². The van der Waals surface area contributed by atoms with Gasteiger partial charge in [0, 0.05) is 12.1 Å². The first-order valence-corrected chi connectivity index (χ1v) is 4.82. The third kappa shape index (κ3) is 2.81. The number of nitrogens with zero attached hydrogens (tertiary/aromatic N) is 1. The zero-order valence-electron chi connectivity index (χ0n) is 7.54. The fourth-order valence-corrected chi connectivity index (χ4v) is 1.11. The van der Waals surface area contributed by atoms with Gasteiger partial charge in [-0.25, -0.2) is 4.98 Å². The van der Waals surface area contributed by atoms with Gasteiger partial charge < -0.3 is 5.32 Å². The van der Waals surface area contributed by atoms with Crippen molar-refractivity contribution in [3.05, 3.63) is 22.9 Å². The molecule has 1 aromatic rings. The van der Waals surface area contributed by atoms with Gasteiger partial charge in [-0.2, -0.15) is 0 Å². The smallest absolute Gasteiger partial charge is 0.226 e. The summed E-state index contributed by atoms with van der Waals surface area (Å²) in [7, 11) is 0. The first-order chi connectivity index (χ1) is 6.11. The lowest BCUT2D eigenvalue weighted by atomic mass is 10.2. The van der Waals surface area contributed by atoms with Crippen molar-refractivity contribution in [2.24, 2.45) is 5.92 Å². The molecule has 1 aromatic heterocycles. The molecule has 0 saturated heterocycles. The van der Waals surface area contributed by atoms with Gasteiger partial charge in [0.25, 0.3) is 0 Å². The predicted octanol–water partition coefficient (Wildman–Crippen LogP) is 2.44. The average molecular weight is 243 g/mol. The minimum Gasteiger partial charge on any atom is -0.324 e. The second-order valence-electron chi connectivity index (χ2n) is 2.99. The molecule has 70 valence electrons. The maximum absolute atomic E-state index is 11.3. The van der Waals surface area contributed by atoms with Crippen LogP contribution >= 0.6 is 15.9 Å². The molecule has 0 aliphatic heterocycles. The molecule has 0 spiro atoms. The molecule has 0 saturated carbocycles. The van der Waals surface area contributed by atoms with Crippen LogP contribution in [-0.2, 0) is 4.79 Å². The normalized spacial score (nSPS) is 10.2. The number of aromatic nitrogens is 1. The SMILES string of the molecule is CC(C)C(=O)Nc1cccnc1Br. The highest BCUT2D eigenvalue weighted by Crippen LogP contribution is 2.18. The van der Waals surface area contributed by atoms with E-state index in [1.165, 1.54) is 0 Å². The summed E-state index contributed by atoms with van der Waals surface area (Å²) in [4.78, 5) is 15.3. The van der Waals surface area contributed by atoms with Crippen molar-refractivity contribution < 1.29 is 4.79 Å². The van der Waals surface area contributed by atoms with E-state index in [9.17, 15) is 4.79 Å². The van der Waals surface area contributed by atoms with Gasteiger partial charge in [0.15, 0.2) is 0 Å². The molecule has 13 heavy (non-hydrogen) atoms. The zero-order valence-corrected chi connectivity index (χ0v) is 9.13. The van der Waals surface area contributed by atoms with E-state index in [2.05, 4.69) is 26.2 Å².